The molecule has 0 aliphatic carbocycles. The van der Waals surface area contributed by atoms with Crippen molar-refractivity contribution >= 4 is 137 Å². The van der Waals surface area contributed by atoms with Crippen LogP contribution in [-0.2, 0) is 33.1 Å². The second-order valence-electron chi connectivity index (χ2n) is 11.2. The van der Waals surface area contributed by atoms with Crippen LogP contribution >= 0.6 is 23.2 Å². The molecular formula is C36H30BaCl2N4O8S2. The number of rotatable bonds is 8. The Morgan fingerprint density at radius 2 is 0.906 bits per heavy atom. The number of halogens is 2. The van der Waals surface area contributed by atoms with E-state index < -0.39 is 30.0 Å². The summed E-state index contributed by atoms with van der Waals surface area (Å²) in [6.45, 7) is 3.71. The fourth-order valence-corrected chi connectivity index (χ4v) is 7.18. The van der Waals surface area contributed by atoms with E-state index in [2.05, 4.69) is 20.5 Å². The topological polar surface area (TPSA) is 199 Å². The third-order valence-electron chi connectivity index (χ3n) is 7.85. The zero-order chi connectivity index (χ0) is 37.8. The van der Waals surface area contributed by atoms with Gasteiger partial charge in [-0.25, -0.2) is 0 Å². The van der Waals surface area contributed by atoms with E-state index in [-0.39, 0.29) is 93.2 Å². The van der Waals surface area contributed by atoms with E-state index in [1.54, 1.807) is 36.4 Å². The van der Waals surface area contributed by atoms with E-state index in [0.717, 1.165) is 22.9 Å². The first-order valence-corrected chi connectivity index (χ1v) is 19.1. The summed E-state index contributed by atoms with van der Waals surface area (Å²) >= 11 is 12.1. The van der Waals surface area contributed by atoms with Crippen molar-refractivity contribution in [2.45, 2.75) is 36.5 Å². The fourth-order valence-electron chi connectivity index (χ4n) is 5.19. The number of azo groups is 2. The van der Waals surface area contributed by atoms with E-state index in [1.165, 1.54) is 24.3 Å². The number of aromatic hydroxyl groups is 2. The minimum absolute atomic E-state index is 0. The zero-order valence-electron chi connectivity index (χ0n) is 28.1. The van der Waals surface area contributed by atoms with Gasteiger partial charge in [0.25, 0.3) is 20.2 Å². The first-order valence-electron chi connectivity index (χ1n) is 15.5. The number of phenolic OH excluding ortho intramolecular Hbond substituents is 2. The Morgan fingerprint density at radius 1 is 0.547 bits per heavy atom. The van der Waals surface area contributed by atoms with Crippen molar-refractivity contribution in [3.8, 4) is 11.5 Å². The van der Waals surface area contributed by atoms with E-state index in [9.17, 15) is 36.2 Å². The smallest absolute Gasteiger partial charge is 0.296 e. The predicted molar refractivity (Wildman–Crippen MR) is 207 cm³/mol. The molecule has 53 heavy (non-hydrogen) atoms. The Hall–Kier alpha value is -3.39. The third-order valence-corrected chi connectivity index (χ3v) is 10.3. The average molecular weight is 919 g/mol. The minimum atomic E-state index is -4.54. The molecule has 6 rings (SSSR count). The van der Waals surface area contributed by atoms with Gasteiger partial charge in [-0.05, 0) is 71.1 Å². The van der Waals surface area contributed by atoms with Gasteiger partial charge in [0, 0.05) is 69.7 Å². The van der Waals surface area contributed by atoms with Crippen LogP contribution in [0.1, 0.15) is 25.0 Å². The van der Waals surface area contributed by atoms with Crippen LogP contribution in [0.2, 0.25) is 10.0 Å². The average Bonchev–Trinajstić information content (AvgIpc) is 3.10. The molecule has 0 saturated heterocycles. The first kappa shape index (κ1) is 42.4. The summed E-state index contributed by atoms with van der Waals surface area (Å²) in [5.74, 6) is -0.184. The van der Waals surface area contributed by atoms with Gasteiger partial charge in [0.15, 0.2) is 0 Å². The maximum absolute atomic E-state index is 11.6. The van der Waals surface area contributed by atoms with Gasteiger partial charge in [0.1, 0.15) is 44.0 Å². The number of fused-ring (bicyclic) bond motifs is 2. The van der Waals surface area contributed by atoms with Crippen molar-refractivity contribution in [1.29, 1.82) is 0 Å². The fraction of sp³-hybridized carbons (Fsp3) is 0.111. The molecule has 17 heteroatoms. The summed E-state index contributed by atoms with van der Waals surface area (Å²) in [5, 5.41) is 39.7. The Morgan fingerprint density at radius 3 is 1.25 bits per heavy atom. The Kier molecular flexibility index (Phi) is 14.2. The Labute approximate surface area is 355 Å². The maximum atomic E-state index is 11.6. The number of benzene rings is 6. The third kappa shape index (κ3) is 10.0. The van der Waals surface area contributed by atoms with Crippen LogP contribution in [0.25, 0.3) is 21.5 Å². The Balaban J connectivity index is 0.000000232. The van der Waals surface area contributed by atoms with E-state index in [4.69, 9.17) is 23.2 Å². The standard InChI is InChI=1S/2C18H15ClN2O4S.Ba/c2*1-2-11-9-15(17(10-14(11)19)26(23,24)25)20-21-18-13-6-4-3-5-12(13)7-8-16(18)22;/h2*3-10,22H,2H2,1H3,(H,23,24,25);. The number of hydrogen-bond acceptors (Lipinski definition) is 10. The molecule has 4 N–H and O–H groups in total. The molecule has 0 saturated carbocycles. The summed E-state index contributed by atoms with van der Waals surface area (Å²) in [6.07, 6.45) is 1.10. The molecule has 0 aromatic heterocycles. The van der Waals surface area contributed by atoms with E-state index in [0.29, 0.717) is 34.7 Å². The quantitative estimate of drug-likeness (QED) is 0.0657. The molecule has 6 aromatic carbocycles. The number of aryl methyl sites for hydroxylation is 2. The summed E-state index contributed by atoms with van der Waals surface area (Å²) in [5.41, 5.74) is 1.63. The molecular weight excluding hydrogens is 889 g/mol. The van der Waals surface area contributed by atoms with Gasteiger partial charge in [-0.3, -0.25) is 9.11 Å². The van der Waals surface area contributed by atoms with Crippen molar-refractivity contribution < 1.29 is 36.2 Å². The molecule has 0 aliphatic rings. The number of phenols is 2. The second-order valence-corrected chi connectivity index (χ2v) is 14.8. The van der Waals surface area contributed by atoms with Crippen LogP contribution in [0.4, 0.5) is 22.7 Å². The summed E-state index contributed by atoms with van der Waals surface area (Å²) < 4.78 is 65.5. The van der Waals surface area contributed by atoms with E-state index >= 15 is 0 Å². The molecule has 0 atom stereocenters. The van der Waals surface area contributed by atoms with Crippen LogP contribution < -0.4 is 0 Å². The van der Waals surface area contributed by atoms with Crippen LogP contribution in [0.15, 0.2) is 127 Å². The van der Waals surface area contributed by atoms with Gasteiger partial charge in [-0.15, -0.1) is 20.5 Å². The van der Waals surface area contributed by atoms with Gasteiger partial charge >= 0.3 is 0 Å². The molecule has 0 unspecified atom stereocenters. The SMILES string of the molecule is CCc1cc(N=Nc2c(O)ccc3ccccc23)c(S(=O)(=O)O)cc1Cl.CCc1cc(N=Nc2c(O)ccc3ccccc23)c(S(=O)(=O)O)cc1Cl.[Ba]. The van der Waals surface area contributed by atoms with Crippen LogP contribution in [0.5, 0.6) is 11.5 Å². The minimum Gasteiger partial charge on any atom is -0.506 e. The van der Waals surface area contributed by atoms with Gasteiger partial charge < -0.3 is 10.2 Å². The van der Waals surface area contributed by atoms with Gasteiger partial charge in [-0.2, -0.15) is 16.8 Å². The molecule has 2 radical (unpaired) electrons. The summed E-state index contributed by atoms with van der Waals surface area (Å²) in [6, 6.07) is 26.2. The van der Waals surface area contributed by atoms with Crippen LogP contribution in [0.3, 0.4) is 0 Å². The van der Waals surface area contributed by atoms with Crippen molar-refractivity contribution in [3.63, 3.8) is 0 Å². The largest absolute Gasteiger partial charge is 0.506 e. The molecule has 0 heterocycles. The molecule has 0 aliphatic heterocycles. The van der Waals surface area contributed by atoms with Crippen molar-refractivity contribution in [2.75, 3.05) is 0 Å². The number of nitrogens with zero attached hydrogens (tertiary/aromatic N) is 4. The second kappa shape index (κ2) is 17.8. The molecule has 6 aromatic rings. The summed E-state index contributed by atoms with van der Waals surface area (Å²) in [4.78, 5) is -0.883. The Bertz CT molecular complexity index is 2440. The van der Waals surface area contributed by atoms with Gasteiger partial charge in [-0.1, -0.05) is 97.7 Å². The van der Waals surface area contributed by atoms with Crippen LogP contribution in [0, 0.1) is 0 Å². The van der Waals surface area contributed by atoms with Crippen molar-refractivity contribution in [2.24, 2.45) is 20.5 Å². The number of hydrogen-bond donors (Lipinski definition) is 4. The van der Waals surface area contributed by atoms with Crippen LogP contribution in [-0.4, -0.2) is 85.0 Å². The van der Waals surface area contributed by atoms with Gasteiger partial charge in [0.2, 0.25) is 0 Å². The van der Waals surface area contributed by atoms with E-state index in [1.807, 2.05) is 38.1 Å². The normalized spacial score (nSPS) is 11.9. The van der Waals surface area contributed by atoms with Gasteiger partial charge in [0.05, 0.1) is 0 Å². The molecule has 270 valence electrons. The molecule has 0 amide bonds. The zero-order valence-corrected chi connectivity index (χ0v) is 35.7. The monoisotopic (exact) mass is 918 g/mol. The molecule has 12 nitrogen and oxygen atoms in total. The first-order chi connectivity index (χ1) is 24.6. The maximum Gasteiger partial charge on any atom is 0.296 e. The molecule has 0 bridgehead atoms. The van der Waals surface area contributed by atoms with Crippen molar-refractivity contribution in [3.05, 3.63) is 118 Å². The van der Waals surface area contributed by atoms with Crippen molar-refractivity contribution in [1.82, 2.24) is 0 Å². The predicted octanol–water partition coefficient (Wildman–Crippen LogP) is 10.5. The molecule has 0 spiro atoms. The molecule has 0 fully saturated rings. The summed E-state index contributed by atoms with van der Waals surface area (Å²) in [7, 11) is -9.08.